The van der Waals surface area contributed by atoms with Crippen LogP contribution in [0.4, 0.5) is 4.39 Å². The van der Waals surface area contributed by atoms with Crippen LogP contribution in [-0.4, -0.2) is 16.2 Å². The molecule has 1 aromatic rings. The molecule has 0 saturated heterocycles. The van der Waals surface area contributed by atoms with E-state index in [1.54, 1.807) is 12.3 Å². The summed E-state index contributed by atoms with van der Waals surface area (Å²) in [4.78, 5) is 3.72. The summed E-state index contributed by atoms with van der Waals surface area (Å²) >= 11 is 0. The minimum atomic E-state index is -0.263. The molecule has 0 bridgehead atoms. The molecule has 2 unspecified atom stereocenters. The molecule has 1 N–H and O–H groups in total. The van der Waals surface area contributed by atoms with E-state index in [0.29, 0.717) is 12.0 Å². The van der Waals surface area contributed by atoms with Gasteiger partial charge in [0.2, 0.25) is 0 Å². The highest BCUT2D eigenvalue weighted by molar-refractivity contribution is 5.18. The summed E-state index contributed by atoms with van der Waals surface area (Å²) in [5, 5.41) is 9.49. The van der Waals surface area contributed by atoms with Crippen molar-refractivity contribution in [3.8, 4) is 0 Å². The molecule has 14 heavy (non-hydrogen) atoms. The summed E-state index contributed by atoms with van der Waals surface area (Å²) in [5.74, 6) is -0.0756. The number of aromatic nitrogens is 1. The van der Waals surface area contributed by atoms with E-state index in [-0.39, 0.29) is 17.8 Å². The van der Waals surface area contributed by atoms with Crippen molar-refractivity contribution in [2.45, 2.75) is 37.7 Å². The Hall–Kier alpha value is -0.960. The van der Waals surface area contributed by atoms with Gasteiger partial charge in [0.15, 0.2) is 0 Å². The summed E-state index contributed by atoms with van der Waals surface area (Å²) in [6.45, 7) is 0. The molecule has 1 aliphatic carbocycles. The Kier molecular flexibility index (Phi) is 2.77. The molecule has 76 valence electrons. The molecule has 0 amide bonds. The Balaban J connectivity index is 2.18. The van der Waals surface area contributed by atoms with Crippen molar-refractivity contribution in [2.24, 2.45) is 0 Å². The lowest BCUT2D eigenvalue weighted by Crippen LogP contribution is -2.18. The molecule has 3 heteroatoms. The molecule has 1 heterocycles. The first-order valence-corrected chi connectivity index (χ1v) is 5.05. The largest absolute Gasteiger partial charge is 0.393 e. The second kappa shape index (κ2) is 4.05. The van der Waals surface area contributed by atoms with Gasteiger partial charge >= 0.3 is 0 Å². The number of nitrogens with zero attached hydrogens (tertiary/aromatic N) is 1. The van der Waals surface area contributed by atoms with E-state index in [1.807, 2.05) is 0 Å². The number of hydrogen-bond acceptors (Lipinski definition) is 2. The lowest BCUT2D eigenvalue weighted by Gasteiger charge is -2.26. The molecule has 0 aliphatic heterocycles. The van der Waals surface area contributed by atoms with Gasteiger partial charge in [0, 0.05) is 6.20 Å². The van der Waals surface area contributed by atoms with Crippen LogP contribution in [0, 0.1) is 5.82 Å². The van der Waals surface area contributed by atoms with Crippen LogP contribution in [0.15, 0.2) is 18.5 Å². The van der Waals surface area contributed by atoms with E-state index < -0.39 is 0 Å². The topological polar surface area (TPSA) is 33.1 Å². The quantitative estimate of drug-likeness (QED) is 0.745. The van der Waals surface area contributed by atoms with Crippen LogP contribution in [-0.2, 0) is 0 Å². The van der Waals surface area contributed by atoms with Crippen molar-refractivity contribution >= 4 is 0 Å². The minimum absolute atomic E-state index is 0.168. The average Bonchev–Trinajstić information content (AvgIpc) is 2.18. The number of rotatable bonds is 1. The van der Waals surface area contributed by atoms with Gasteiger partial charge in [-0.05, 0) is 36.8 Å². The highest BCUT2D eigenvalue weighted by Gasteiger charge is 2.23. The molecular weight excluding hydrogens is 181 g/mol. The lowest BCUT2D eigenvalue weighted by molar-refractivity contribution is 0.119. The van der Waals surface area contributed by atoms with Gasteiger partial charge in [-0.2, -0.15) is 0 Å². The van der Waals surface area contributed by atoms with Crippen molar-refractivity contribution in [3.05, 3.63) is 29.8 Å². The Labute approximate surface area is 82.8 Å². The Morgan fingerprint density at radius 2 is 2.29 bits per heavy atom. The SMILES string of the molecule is OC1CCCC(c2ccncc2F)C1. The van der Waals surface area contributed by atoms with E-state index >= 15 is 0 Å². The van der Waals surface area contributed by atoms with E-state index in [9.17, 15) is 9.50 Å². The van der Waals surface area contributed by atoms with Gasteiger partial charge < -0.3 is 5.11 Å². The zero-order chi connectivity index (χ0) is 9.97. The summed E-state index contributed by atoms with van der Waals surface area (Å²) in [6, 6.07) is 1.72. The molecule has 2 atom stereocenters. The highest BCUT2D eigenvalue weighted by atomic mass is 19.1. The van der Waals surface area contributed by atoms with E-state index in [4.69, 9.17) is 0 Å². The molecule has 1 saturated carbocycles. The van der Waals surface area contributed by atoms with Crippen LogP contribution in [0.1, 0.15) is 37.2 Å². The fraction of sp³-hybridized carbons (Fsp3) is 0.545. The molecule has 2 nitrogen and oxygen atoms in total. The second-order valence-electron chi connectivity index (χ2n) is 3.91. The highest BCUT2D eigenvalue weighted by Crippen LogP contribution is 2.33. The molecule has 1 fully saturated rings. The maximum absolute atomic E-state index is 13.4. The maximum atomic E-state index is 13.4. The summed E-state index contributed by atoms with van der Waals surface area (Å²) in [6.07, 6.45) is 6.08. The third-order valence-corrected chi connectivity index (χ3v) is 2.89. The van der Waals surface area contributed by atoms with Gasteiger partial charge in [-0.1, -0.05) is 6.42 Å². The number of halogens is 1. The Bertz CT molecular complexity index is 316. The molecule has 0 aromatic carbocycles. The van der Waals surface area contributed by atoms with Gasteiger partial charge in [-0.3, -0.25) is 4.98 Å². The van der Waals surface area contributed by atoms with Crippen LogP contribution in [0.5, 0.6) is 0 Å². The summed E-state index contributed by atoms with van der Waals surface area (Å²) in [7, 11) is 0. The zero-order valence-corrected chi connectivity index (χ0v) is 7.99. The number of hydrogen-bond donors (Lipinski definition) is 1. The molecule has 2 rings (SSSR count). The Morgan fingerprint density at radius 3 is 3.00 bits per heavy atom. The molecule has 1 aliphatic rings. The standard InChI is InChI=1S/C11H14FNO/c12-11-7-13-5-4-10(11)8-2-1-3-9(14)6-8/h4-5,7-9,14H,1-3,6H2. The van der Waals surface area contributed by atoms with E-state index in [0.717, 1.165) is 19.3 Å². The molecule has 0 spiro atoms. The molecule has 1 aromatic heterocycles. The second-order valence-corrected chi connectivity index (χ2v) is 3.91. The third-order valence-electron chi connectivity index (χ3n) is 2.89. The van der Waals surface area contributed by atoms with Crippen molar-refractivity contribution in [3.63, 3.8) is 0 Å². The van der Waals surface area contributed by atoms with Gasteiger partial charge in [0.1, 0.15) is 5.82 Å². The van der Waals surface area contributed by atoms with Crippen LogP contribution in [0.2, 0.25) is 0 Å². The number of pyridine rings is 1. The molecule has 0 radical (unpaired) electrons. The van der Waals surface area contributed by atoms with Crippen LogP contribution in [0.3, 0.4) is 0 Å². The number of aliphatic hydroxyl groups excluding tert-OH is 1. The van der Waals surface area contributed by atoms with Crippen LogP contribution < -0.4 is 0 Å². The van der Waals surface area contributed by atoms with Gasteiger partial charge in [0.25, 0.3) is 0 Å². The average molecular weight is 195 g/mol. The Morgan fingerprint density at radius 1 is 1.43 bits per heavy atom. The zero-order valence-electron chi connectivity index (χ0n) is 7.99. The monoisotopic (exact) mass is 195 g/mol. The maximum Gasteiger partial charge on any atom is 0.144 e. The van der Waals surface area contributed by atoms with Crippen molar-refractivity contribution in [1.82, 2.24) is 4.98 Å². The van der Waals surface area contributed by atoms with Crippen molar-refractivity contribution < 1.29 is 9.50 Å². The predicted octanol–water partition coefficient (Wildman–Crippen LogP) is 2.24. The fourth-order valence-electron chi connectivity index (χ4n) is 2.16. The van der Waals surface area contributed by atoms with Crippen molar-refractivity contribution in [2.75, 3.05) is 0 Å². The van der Waals surface area contributed by atoms with Crippen LogP contribution >= 0.6 is 0 Å². The van der Waals surface area contributed by atoms with Crippen molar-refractivity contribution in [1.29, 1.82) is 0 Å². The van der Waals surface area contributed by atoms with E-state index in [1.165, 1.54) is 6.20 Å². The lowest BCUT2D eigenvalue weighted by atomic mass is 9.83. The minimum Gasteiger partial charge on any atom is -0.393 e. The fourth-order valence-corrected chi connectivity index (χ4v) is 2.16. The van der Waals surface area contributed by atoms with Gasteiger partial charge in [0.05, 0.1) is 12.3 Å². The van der Waals surface area contributed by atoms with E-state index in [2.05, 4.69) is 4.98 Å². The smallest absolute Gasteiger partial charge is 0.144 e. The first-order valence-electron chi connectivity index (χ1n) is 5.05. The summed E-state index contributed by atoms with van der Waals surface area (Å²) < 4.78 is 13.4. The van der Waals surface area contributed by atoms with Gasteiger partial charge in [-0.15, -0.1) is 0 Å². The van der Waals surface area contributed by atoms with Crippen LogP contribution in [0.25, 0.3) is 0 Å². The predicted molar refractivity (Wildman–Crippen MR) is 51.4 cm³/mol. The first-order chi connectivity index (χ1) is 6.77. The number of aliphatic hydroxyl groups is 1. The molecular formula is C11H14FNO. The van der Waals surface area contributed by atoms with Gasteiger partial charge in [-0.25, -0.2) is 4.39 Å². The normalized spacial score (nSPS) is 27.6. The first kappa shape index (κ1) is 9.59. The summed E-state index contributed by atoms with van der Waals surface area (Å²) in [5.41, 5.74) is 0.707. The third kappa shape index (κ3) is 1.93.